The van der Waals surface area contributed by atoms with Gasteiger partial charge in [-0.1, -0.05) is 95.3 Å². The van der Waals surface area contributed by atoms with Gasteiger partial charge in [0.05, 0.1) is 39.0 Å². The van der Waals surface area contributed by atoms with Gasteiger partial charge in [-0.25, -0.2) is 18.4 Å². The number of amides is 4. The normalized spacial score (nSPS) is 16.5. The van der Waals surface area contributed by atoms with E-state index in [2.05, 4.69) is 38.0 Å². The lowest BCUT2D eigenvalue weighted by molar-refractivity contribution is -0.144. The highest BCUT2D eigenvalue weighted by Gasteiger charge is 2.44. The van der Waals surface area contributed by atoms with E-state index in [1.165, 1.54) is 11.2 Å². The van der Waals surface area contributed by atoms with Gasteiger partial charge in [0.1, 0.15) is 23.5 Å². The second-order valence-electron chi connectivity index (χ2n) is 21.0. The average Bonchev–Trinajstić information content (AvgIpc) is 4.14. The molecule has 3 atom stereocenters. The molecule has 75 heavy (non-hydrogen) atoms. The lowest BCUT2D eigenvalue weighted by atomic mass is 9.85. The molecular formula is C57H71N9O7S2. The first kappa shape index (κ1) is 54.6. The third-order valence-corrected chi connectivity index (χ3v) is 16.3. The number of unbranched alkanes of at least 4 members (excludes halogenated alkanes) is 6. The van der Waals surface area contributed by atoms with Gasteiger partial charge >= 0.3 is 0 Å². The summed E-state index contributed by atoms with van der Waals surface area (Å²) in [7, 11) is -3.29. The Morgan fingerprint density at radius 2 is 1.47 bits per heavy atom. The molecule has 4 amide bonds. The number of pyridine rings is 1. The van der Waals surface area contributed by atoms with Crippen LogP contribution in [0.5, 0.6) is 0 Å². The molecule has 0 spiro atoms. The summed E-state index contributed by atoms with van der Waals surface area (Å²) in [6, 6.07) is 27.1. The number of nitrogens with one attached hydrogen (secondary N) is 3. The monoisotopic (exact) mass is 1060 g/mol. The number of aryl methyl sites for hydroxylation is 1. The Bertz CT molecular complexity index is 3030. The molecule has 8 rings (SSSR count). The number of benzene rings is 3. The van der Waals surface area contributed by atoms with Gasteiger partial charge in [0, 0.05) is 76.2 Å². The molecule has 0 bridgehead atoms. The van der Waals surface area contributed by atoms with Gasteiger partial charge in [-0.15, -0.1) is 11.3 Å². The van der Waals surface area contributed by atoms with Crippen molar-refractivity contribution in [3.8, 4) is 21.7 Å². The third-order valence-electron chi connectivity index (χ3n) is 14.2. The number of fused-ring (bicyclic) bond motifs is 1. The summed E-state index contributed by atoms with van der Waals surface area (Å²) in [6.07, 6.45) is 9.69. The van der Waals surface area contributed by atoms with E-state index in [-0.39, 0.29) is 48.0 Å². The van der Waals surface area contributed by atoms with Gasteiger partial charge < -0.3 is 35.8 Å². The molecule has 2 aliphatic rings. The van der Waals surface area contributed by atoms with Crippen LogP contribution in [0.25, 0.3) is 27.3 Å². The van der Waals surface area contributed by atoms with Gasteiger partial charge in [-0.05, 0) is 90.4 Å². The molecular weight excluding hydrogens is 987 g/mol. The lowest BCUT2D eigenvalue weighted by Gasteiger charge is -2.36. The molecule has 0 unspecified atom stereocenters. The zero-order valence-electron chi connectivity index (χ0n) is 43.8. The number of aliphatic hydroxyl groups is 1. The first-order valence-electron chi connectivity index (χ1n) is 26.1. The molecule has 16 nitrogen and oxygen atoms in total. The second-order valence-corrected chi connectivity index (χ2v) is 23.9. The lowest BCUT2D eigenvalue weighted by Crippen LogP contribution is -2.57. The van der Waals surface area contributed by atoms with Crippen LogP contribution in [0.3, 0.4) is 0 Å². The molecule has 18 heteroatoms. The minimum atomic E-state index is -3.29. The summed E-state index contributed by atoms with van der Waals surface area (Å²) in [4.78, 5) is 70.0. The molecule has 0 saturated carbocycles. The van der Waals surface area contributed by atoms with Crippen LogP contribution in [0.1, 0.15) is 96.2 Å². The van der Waals surface area contributed by atoms with E-state index in [0.717, 1.165) is 102 Å². The number of hydrogen-bond donors (Lipinski definition) is 4. The fourth-order valence-electron chi connectivity index (χ4n) is 9.91. The first-order chi connectivity index (χ1) is 35.9. The number of carbonyl (C=O) groups is 4. The van der Waals surface area contributed by atoms with Gasteiger partial charge in [-0.3, -0.25) is 23.6 Å². The molecule has 398 valence electrons. The number of piperazine rings is 1. The quantitative estimate of drug-likeness (QED) is 0.0504. The van der Waals surface area contributed by atoms with E-state index in [4.69, 9.17) is 4.98 Å². The Balaban J connectivity index is 0.691. The highest BCUT2D eigenvalue weighted by molar-refractivity contribution is 7.90. The zero-order valence-corrected chi connectivity index (χ0v) is 45.4. The summed E-state index contributed by atoms with van der Waals surface area (Å²) in [5, 5.41) is 19.9. The summed E-state index contributed by atoms with van der Waals surface area (Å²) in [5.41, 5.74) is 8.68. The number of imidazole rings is 1. The number of β-amino-alcohol motifs (C(OH)–C–C–N with tert-alkyl or cyclic N) is 1. The molecule has 2 fully saturated rings. The van der Waals surface area contributed by atoms with E-state index >= 15 is 0 Å². The Morgan fingerprint density at radius 3 is 2.11 bits per heavy atom. The van der Waals surface area contributed by atoms with Crippen LogP contribution in [0.2, 0.25) is 0 Å². The molecule has 5 heterocycles. The number of aromatic nitrogens is 3. The van der Waals surface area contributed by atoms with Crippen molar-refractivity contribution < 1.29 is 32.7 Å². The molecule has 2 aliphatic heterocycles. The maximum absolute atomic E-state index is 14.0. The number of thiazole rings is 1. The molecule has 2 saturated heterocycles. The van der Waals surface area contributed by atoms with E-state index in [9.17, 15) is 32.7 Å². The molecule has 3 aromatic heterocycles. The Labute approximate surface area is 444 Å². The molecule has 3 aromatic carbocycles. The van der Waals surface area contributed by atoms with Crippen LogP contribution in [0, 0.1) is 12.3 Å². The summed E-state index contributed by atoms with van der Waals surface area (Å²) in [6.45, 7) is 10.8. The number of nitrogens with zero attached hydrogens (tertiary/aromatic N) is 6. The highest BCUT2D eigenvalue weighted by Crippen LogP contribution is 2.30. The van der Waals surface area contributed by atoms with Crippen LogP contribution in [0.15, 0.2) is 108 Å². The number of aliphatic hydroxyl groups excluding tert-OH is 1. The minimum Gasteiger partial charge on any atom is -0.391 e. The van der Waals surface area contributed by atoms with Crippen LogP contribution in [-0.2, 0) is 35.6 Å². The summed E-state index contributed by atoms with van der Waals surface area (Å²) >= 11 is 1.58. The average molecular weight is 1060 g/mol. The van der Waals surface area contributed by atoms with Gasteiger partial charge in [0.2, 0.25) is 23.6 Å². The molecule has 6 aromatic rings. The number of anilines is 3. The fraction of sp³-hybridized carbons (Fsp3) is 0.439. The van der Waals surface area contributed by atoms with Crippen LogP contribution in [0.4, 0.5) is 17.2 Å². The largest absolute Gasteiger partial charge is 0.391 e. The Hall–Kier alpha value is -6.63. The SMILES string of the molecule is Cc1ncsc1-c1ccc(CNC(=O)[C@@H]2C[C@@H](O)CN2C(=O)[C@@H](NC(=O)CCCCCCCCCC(=O)N2CCN(c3ccc(Nc4cn5c(-c6ccc(S(C)(=O)=O)cc6)cccc5n4)cc3)CC2)C(C)(C)C)cc1. The summed E-state index contributed by atoms with van der Waals surface area (Å²) < 4.78 is 25.9. The number of rotatable bonds is 21. The third kappa shape index (κ3) is 14.2. The van der Waals surface area contributed by atoms with Crippen molar-refractivity contribution in [1.29, 1.82) is 0 Å². The van der Waals surface area contributed by atoms with Crippen molar-refractivity contribution in [1.82, 2.24) is 34.8 Å². The van der Waals surface area contributed by atoms with E-state index in [1.54, 1.807) is 23.5 Å². The van der Waals surface area contributed by atoms with Crippen molar-refractivity contribution in [2.24, 2.45) is 5.41 Å². The smallest absolute Gasteiger partial charge is 0.246 e. The van der Waals surface area contributed by atoms with Crippen LogP contribution < -0.4 is 20.9 Å². The standard InChI is InChI=1S/C57H71N9O7S2/c1-39-53(74-38-59-39)42-20-18-40(19-21-42)35-58-55(70)48-34-45(67)36-66(48)56(71)54(57(2,3)4)62-51(68)16-11-9-7-6-8-10-12-17-52(69)64-32-30-63(31-33-64)44-26-24-43(25-27-44)60-49-37-65-47(14-13-15-50(65)61-49)41-22-28-46(29-23-41)75(5,72)73/h13-15,18-29,37-38,45,48,54,60,67H,6-12,16-17,30-36H2,1-5H3,(H,58,70)(H,62,68)/t45-,48+,54-/m1/s1. The Kier molecular flexibility index (Phi) is 17.7. The first-order valence-corrected chi connectivity index (χ1v) is 28.9. The molecule has 0 radical (unpaired) electrons. The van der Waals surface area contributed by atoms with Gasteiger partial charge in [0.15, 0.2) is 9.84 Å². The number of carbonyl (C=O) groups excluding carboxylic acids is 4. The van der Waals surface area contributed by atoms with Gasteiger partial charge in [0.25, 0.3) is 0 Å². The minimum absolute atomic E-state index is 0.0258. The maximum Gasteiger partial charge on any atom is 0.246 e. The second kappa shape index (κ2) is 24.4. The number of likely N-dealkylation sites (tertiary alicyclic amines) is 1. The summed E-state index contributed by atoms with van der Waals surface area (Å²) in [5.74, 6) is -0.0214. The fourth-order valence-corrected chi connectivity index (χ4v) is 11.4. The van der Waals surface area contributed by atoms with Crippen molar-refractivity contribution >= 4 is 67.6 Å². The van der Waals surface area contributed by atoms with Crippen molar-refractivity contribution in [3.05, 3.63) is 114 Å². The van der Waals surface area contributed by atoms with Crippen molar-refractivity contribution in [3.63, 3.8) is 0 Å². The van der Waals surface area contributed by atoms with Crippen LogP contribution >= 0.6 is 11.3 Å². The molecule has 0 aliphatic carbocycles. The Morgan fingerprint density at radius 1 is 0.813 bits per heavy atom. The maximum atomic E-state index is 14.0. The number of sulfone groups is 1. The van der Waals surface area contributed by atoms with Crippen molar-refractivity contribution in [2.45, 2.75) is 122 Å². The van der Waals surface area contributed by atoms with Gasteiger partial charge in [-0.2, -0.15) is 0 Å². The van der Waals surface area contributed by atoms with Crippen LogP contribution in [-0.4, -0.2) is 118 Å². The predicted molar refractivity (Wildman–Crippen MR) is 295 cm³/mol. The van der Waals surface area contributed by atoms with E-state index in [1.807, 2.05) is 115 Å². The zero-order chi connectivity index (χ0) is 53.3. The predicted octanol–water partition coefficient (Wildman–Crippen LogP) is 8.55. The molecule has 4 N–H and O–H groups in total. The van der Waals surface area contributed by atoms with E-state index < -0.39 is 33.4 Å². The van der Waals surface area contributed by atoms with Crippen molar-refractivity contribution in [2.75, 3.05) is 49.2 Å². The topological polar surface area (TPSA) is 199 Å². The van der Waals surface area contributed by atoms with E-state index in [0.29, 0.717) is 38.2 Å². The highest BCUT2D eigenvalue weighted by atomic mass is 32.2. The number of hydrogen-bond acceptors (Lipinski definition) is 12.